The summed E-state index contributed by atoms with van der Waals surface area (Å²) in [4.78, 5) is 25.5. The SMILES string of the molecule is CC(CC(=O)N1CC(O)C1)C(=O)c1ccc(Cl)cc1. The minimum absolute atomic E-state index is 0.0638. The maximum Gasteiger partial charge on any atom is 0.223 e. The standard InChI is InChI=1S/C14H16ClNO3/c1-9(6-13(18)16-7-12(17)8-16)14(19)10-2-4-11(15)5-3-10/h2-5,9,12,17H,6-8H2,1H3. The summed E-state index contributed by atoms with van der Waals surface area (Å²) in [7, 11) is 0. The first-order valence-corrected chi connectivity index (χ1v) is 6.61. The fourth-order valence-corrected chi connectivity index (χ4v) is 2.17. The summed E-state index contributed by atoms with van der Waals surface area (Å²) in [6, 6.07) is 6.66. The molecule has 5 heteroatoms. The summed E-state index contributed by atoms with van der Waals surface area (Å²) in [6.07, 6.45) is -0.236. The van der Waals surface area contributed by atoms with E-state index < -0.39 is 6.10 Å². The molecule has 1 aliphatic heterocycles. The van der Waals surface area contributed by atoms with Gasteiger partial charge in [-0.3, -0.25) is 9.59 Å². The van der Waals surface area contributed by atoms with Gasteiger partial charge in [-0.1, -0.05) is 18.5 Å². The van der Waals surface area contributed by atoms with E-state index in [1.807, 2.05) is 0 Å². The summed E-state index contributed by atoms with van der Waals surface area (Å²) in [5.41, 5.74) is 0.563. The van der Waals surface area contributed by atoms with Crippen molar-refractivity contribution in [3.63, 3.8) is 0 Å². The van der Waals surface area contributed by atoms with Crippen LogP contribution in [0.5, 0.6) is 0 Å². The number of amides is 1. The Morgan fingerprint density at radius 3 is 2.47 bits per heavy atom. The van der Waals surface area contributed by atoms with E-state index in [1.165, 1.54) is 0 Å². The largest absolute Gasteiger partial charge is 0.389 e. The Hall–Kier alpha value is -1.39. The number of rotatable bonds is 4. The van der Waals surface area contributed by atoms with E-state index in [4.69, 9.17) is 16.7 Å². The number of hydrogen-bond donors (Lipinski definition) is 1. The van der Waals surface area contributed by atoms with Gasteiger partial charge in [-0.2, -0.15) is 0 Å². The van der Waals surface area contributed by atoms with Crippen molar-refractivity contribution in [2.24, 2.45) is 5.92 Å². The number of benzene rings is 1. The number of hydrogen-bond acceptors (Lipinski definition) is 3. The molecule has 0 saturated carbocycles. The highest BCUT2D eigenvalue weighted by molar-refractivity contribution is 6.30. The van der Waals surface area contributed by atoms with Crippen LogP contribution in [0.15, 0.2) is 24.3 Å². The Balaban J connectivity index is 1.92. The Morgan fingerprint density at radius 1 is 1.37 bits per heavy atom. The minimum atomic E-state index is -0.411. The number of halogens is 1. The first kappa shape index (κ1) is 14.0. The highest BCUT2D eigenvalue weighted by Crippen LogP contribution is 2.18. The molecule has 0 aromatic heterocycles. The molecule has 102 valence electrons. The Bertz CT molecular complexity index is 480. The predicted molar refractivity (Wildman–Crippen MR) is 72.2 cm³/mol. The van der Waals surface area contributed by atoms with Crippen molar-refractivity contribution >= 4 is 23.3 Å². The smallest absolute Gasteiger partial charge is 0.223 e. The Kier molecular flexibility index (Phi) is 4.22. The van der Waals surface area contributed by atoms with E-state index in [9.17, 15) is 9.59 Å². The van der Waals surface area contributed by atoms with Gasteiger partial charge in [0.05, 0.1) is 6.10 Å². The summed E-state index contributed by atoms with van der Waals surface area (Å²) in [6.45, 7) is 2.49. The predicted octanol–water partition coefficient (Wildman–Crippen LogP) is 1.75. The van der Waals surface area contributed by atoms with Crippen LogP contribution in [0, 0.1) is 5.92 Å². The van der Waals surface area contributed by atoms with Gasteiger partial charge in [-0.05, 0) is 24.3 Å². The fourth-order valence-electron chi connectivity index (χ4n) is 2.04. The molecule has 1 atom stereocenters. The van der Waals surface area contributed by atoms with E-state index in [1.54, 1.807) is 36.1 Å². The average Bonchev–Trinajstić information content (AvgIpc) is 2.35. The summed E-state index contributed by atoms with van der Waals surface area (Å²) < 4.78 is 0. The molecule has 0 spiro atoms. The summed E-state index contributed by atoms with van der Waals surface area (Å²) in [5.74, 6) is -0.516. The summed E-state index contributed by atoms with van der Waals surface area (Å²) >= 11 is 5.77. The zero-order valence-electron chi connectivity index (χ0n) is 10.7. The number of ketones is 1. The molecular weight excluding hydrogens is 266 g/mol. The lowest BCUT2D eigenvalue weighted by molar-refractivity contribution is -0.141. The van der Waals surface area contributed by atoms with Crippen molar-refractivity contribution in [3.8, 4) is 0 Å². The Morgan fingerprint density at radius 2 is 1.95 bits per heavy atom. The number of carbonyl (C=O) groups is 2. The van der Waals surface area contributed by atoms with Crippen LogP contribution in [0.1, 0.15) is 23.7 Å². The zero-order chi connectivity index (χ0) is 14.0. The van der Waals surface area contributed by atoms with E-state index in [2.05, 4.69) is 0 Å². The zero-order valence-corrected chi connectivity index (χ0v) is 11.4. The maximum atomic E-state index is 12.1. The number of aliphatic hydroxyl groups is 1. The lowest BCUT2D eigenvalue weighted by Gasteiger charge is -2.36. The van der Waals surface area contributed by atoms with Crippen molar-refractivity contribution in [1.29, 1.82) is 0 Å². The van der Waals surface area contributed by atoms with Crippen LogP contribution in [-0.2, 0) is 4.79 Å². The second-order valence-corrected chi connectivity index (χ2v) is 5.37. The normalized spacial score (nSPS) is 16.9. The van der Waals surface area contributed by atoms with Gasteiger partial charge in [0.25, 0.3) is 0 Å². The molecule has 1 unspecified atom stereocenters. The fraction of sp³-hybridized carbons (Fsp3) is 0.429. The van der Waals surface area contributed by atoms with Gasteiger partial charge < -0.3 is 10.0 Å². The molecule has 19 heavy (non-hydrogen) atoms. The average molecular weight is 282 g/mol. The quantitative estimate of drug-likeness (QED) is 0.856. The minimum Gasteiger partial charge on any atom is -0.389 e. The molecule has 1 amide bonds. The number of aliphatic hydroxyl groups excluding tert-OH is 1. The van der Waals surface area contributed by atoms with Crippen LogP contribution < -0.4 is 0 Å². The van der Waals surface area contributed by atoms with E-state index >= 15 is 0 Å². The third kappa shape index (κ3) is 3.33. The topological polar surface area (TPSA) is 57.6 Å². The van der Waals surface area contributed by atoms with Crippen LogP contribution in [0.3, 0.4) is 0 Å². The van der Waals surface area contributed by atoms with E-state index in [0.717, 1.165) is 0 Å². The van der Waals surface area contributed by atoms with Crippen LogP contribution in [0.2, 0.25) is 5.02 Å². The third-order valence-electron chi connectivity index (χ3n) is 3.27. The van der Waals surface area contributed by atoms with Gasteiger partial charge in [0.15, 0.2) is 5.78 Å². The van der Waals surface area contributed by atoms with E-state index in [-0.39, 0.29) is 24.0 Å². The van der Waals surface area contributed by atoms with Crippen LogP contribution in [0.25, 0.3) is 0 Å². The molecule has 0 aliphatic carbocycles. The first-order valence-electron chi connectivity index (χ1n) is 6.23. The molecule has 1 saturated heterocycles. The molecule has 4 nitrogen and oxygen atoms in total. The monoisotopic (exact) mass is 281 g/mol. The molecule has 1 heterocycles. The van der Waals surface area contributed by atoms with Gasteiger partial charge in [-0.25, -0.2) is 0 Å². The molecule has 1 aromatic rings. The maximum absolute atomic E-state index is 12.1. The number of carbonyl (C=O) groups excluding carboxylic acids is 2. The van der Waals surface area contributed by atoms with Crippen molar-refractivity contribution in [2.75, 3.05) is 13.1 Å². The molecule has 1 aromatic carbocycles. The number of likely N-dealkylation sites (tertiary alicyclic amines) is 1. The second kappa shape index (κ2) is 5.72. The van der Waals surface area contributed by atoms with E-state index in [0.29, 0.717) is 23.7 Å². The molecule has 0 bridgehead atoms. The van der Waals surface area contributed by atoms with Crippen molar-refractivity contribution in [3.05, 3.63) is 34.9 Å². The highest BCUT2D eigenvalue weighted by atomic mass is 35.5. The highest BCUT2D eigenvalue weighted by Gasteiger charge is 2.30. The van der Waals surface area contributed by atoms with Crippen LogP contribution in [0.4, 0.5) is 0 Å². The molecule has 2 rings (SSSR count). The van der Waals surface area contributed by atoms with Crippen molar-refractivity contribution in [1.82, 2.24) is 4.90 Å². The third-order valence-corrected chi connectivity index (χ3v) is 3.52. The van der Waals surface area contributed by atoms with Gasteiger partial charge >= 0.3 is 0 Å². The second-order valence-electron chi connectivity index (χ2n) is 4.93. The molecule has 0 radical (unpaired) electrons. The number of nitrogens with zero attached hydrogens (tertiary/aromatic N) is 1. The molecular formula is C14H16ClNO3. The van der Waals surface area contributed by atoms with Crippen molar-refractivity contribution in [2.45, 2.75) is 19.4 Å². The van der Waals surface area contributed by atoms with Crippen molar-refractivity contribution < 1.29 is 14.7 Å². The first-order chi connectivity index (χ1) is 8.97. The van der Waals surface area contributed by atoms with Gasteiger partial charge in [-0.15, -0.1) is 0 Å². The van der Waals surface area contributed by atoms with Crippen LogP contribution in [-0.4, -0.2) is 40.9 Å². The Labute approximate surface area is 117 Å². The molecule has 1 aliphatic rings. The number of β-amino-alcohol motifs (C(OH)–C–C–N with tert-alkyl or cyclic N) is 1. The number of Topliss-reactive ketones (excluding diaryl/α,β-unsaturated/α-hetero) is 1. The van der Waals surface area contributed by atoms with Gasteiger partial charge in [0.2, 0.25) is 5.91 Å². The lowest BCUT2D eigenvalue weighted by atomic mass is 9.95. The molecule has 1 N–H and O–H groups in total. The van der Waals surface area contributed by atoms with Gasteiger partial charge in [0, 0.05) is 36.0 Å². The van der Waals surface area contributed by atoms with Crippen LogP contribution >= 0.6 is 11.6 Å². The van der Waals surface area contributed by atoms with Gasteiger partial charge in [0.1, 0.15) is 0 Å². The lowest BCUT2D eigenvalue weighted by Crippen LogP contribution is -2.53. The summed E-state index contributed by atoms with van der Waals surface area (Å²) in [5, 5.41) is 9.72. The molecule has 1 fully saturated rings.